The zero-order valence-electron chi connectivity index (χ0n) is 15.5. The predicted octanol–water partition coefficient (Wildman–Crippen LogP) is 5.59. The van der Waals surface area contributed by atoms with Crippen LogP contribution in [0.4, 0.5) is 18.9 Å². The summed E-state index contributed by atoms with van der Waals surface area (Å²) < 4.78 is 47.4. The van der Waals surface area contributed by atoms with Crippen molar-refractivity contribution < 1.29 is 17.9 Å². The Balaban J connectivity index is 1.64. The summed E-state index contributed by atoms with van der Waals surface area (Å²) in [6.45, 7) is 3.42. The van der Waals surface area contributed by atoms with Crippen molar-refractivity contribution in [3.05, 3.63) is 83.7 Å². The van der Waals surface area contributed by atoms with Gasteiger partial charge in [-0.2, -0.15) is 13.2 Å². The molecule has 0 bridgehead atoms. The highest BCUT2D eigenvalue weighted by atomic mass is 19.4. The molecular formula is C22H21F3N2O. The number of hydrogen-bond donors (Lipinski definition) is 0. The second kappa shape index (κ2) is 7.36. The van der Waals surface area contributed by atoms with E-state index in [-0.39, 0.29) is 11.9 Å². The van der Waals surface area contributed by atoms with Crippen LogP contribution in [-0.4, -0.2) is 17.7 Å². The molecule has 2 heterocycles. The molecular weight excluding hydrogens is 365 g/mol. The Morgan fingerprint density at radius 2 is 1.79 bits per heavy atom. The van der Waals surface area contributed by atoms with E-state index in [0.29, 0.717) is 6.61 Å². The van der Waals surface area contributed by atoms with Gasteiger partial charge in [-0.15, -0.1) is 0 Å². The summed E-state index contributed by atoms with van der Waals surface area (Å²) in [7, 11) is 0. The number of hydrogen-bond acceptors (Lipinski definition) is 2. The van der Waals surface area contributed by atoms with Gasteiger partial charge in [0.2, 0.25) is 0 Å². The minimum absolute atomic E-state index is 0.109. The van der Waals surface area contributed by atoms with Crippen LogP contribution in [0.25, 0.3) is 5.69 Å². The first-order chi connectivity index (χ1) is 13.5. The second-order valence-corrected chi connectivity index (χ2v) is 6.80. The Hall–Kier alpha value is -2.73. The maximum absolute atomic E-state index is 13.3. The van der Waals surface area contributed by atoms with Crippen LogP contribution in [0, 0.1) is 0 Å². The molecule has 0 aliphatic carbocycles. The molecule has 0 saturated carbocycles. The van der Waals surface area contributed by atoms with E-state index in [0.717, 1.165) is 30.3 Å². The van der Waals surface area contributed by atoms with Crippen molar-refractivity contribution in [2.45, 2.75) is 25.7 Å². The molecule has 0 N–H and O–H groups in total. The monoisotopic (exact) mass is 386 g/mol. The molecule has 4 rings (SSSR count). The number of nitrogens with zero attached hydrogens (tertiary/aromatic N) is 2. The second-order valence-electron chi connectivity index (χ2n) is 6.80. The van der Waals surface area contributed by atoms with E-state index in [9.17, 15) is 13.2 Å². The van der Waals surface area contributed by atoms with Gasteiger partial charge in [0.25, 0.3) is 0 Å². The van der Waals surface area contributed by atoms with E-state index in [2.05, 4.69) is 36.1 Å². The highest BCUT2D eigenvalue weighted by Gasteiger charge is 2.34. The number of anilines is 1. The van der Waals surface area contributed by atoms with E-state index in [1.54, 1.807) is 18.5 Å². The van der Waals surface area contributed by atoms with Gasteiger partial charge in [-0.05, 0) is 42.3 Å². The maximum atomic E-state index is 13.3. The lowest BCUT2D eigenvalue weighted by molar-refractivity contribution is -0.137. The highest BCUT2D eigenvalue weighted by Crippen LogP contribution is 2.36. The fraction of sp³-hybridized carbons (Fsp3) is 0.273. The molecule has 1 atom stereocenters. The van der Waals surface area contributed by atoms with Gasteiger partial charge < -0.3 is 14.2 Å². The Kier molecular flexibility index (Phi) is 4.89. The molecule has 2 aromatic carbocycles. The third-order valence-electron chi connectivity index (χ3n) is 5.06. The van der Waals surface area contributed by atoms with Gasteiger partial charge in [-0.1, -0.05) is 31.2 Å². The molecule has 0 amide bonds. The number of aryl methyl sites for hydroxylation is 1. The first kappa shape index (κ1) is 18.6. The third-order valence-corrected chi connectivity index (χ3v) is 5.06. The first-order valence-electron chi connectivity index (χ1n) is 9.29. The summed E-state index contributed by atoms with van der Waals surface area (Å²) in [5.41, 5.74) is 2.59. The molecule has 6 heteroatoms. The van der Waals surface area contributed by atoms with Crippen molar-refractivity contribution in [2.75, 3.05) is 18.1 Å². The molecule has 1 aliphatic rings. The summed E-state index contributed by atoms with van der Waals surface area (Å²) >= 11 is 0. The fourth-order valence-electron chi connectivity index (χ4n) is 3.58. The SMILES string of the molecule is CCc1ccc(N2CCO[C@@H]2c2ccn(-c3ccccc3C(F)(F)F)c2)cc1. The molecule has 28 heavy (non-hydrogen) atoms. The Morgan fingerprint density at radius 1 is 1.04 bits per heavy atom. The number of halogens is 3. The van der Waals surface area contributed by atoms with Crippen LogP contribution in [0.3, 0.4) is 0 Å². The van der Waals surface area contributed by atoms with Gasteiger partial charge in [-0.3, -0.25) is 0 Å². The number of alkyl halides is 3. The average molecular weight is 386 g/mol. The van der Waals surface area contributed by atoms with E-state index in [1.807, 2.05) is 6.07 Å². The topological polar surface area (TPSA) is 17.4 Å². The van der Waals surface area contributed by atoms with Crippen molar-refractivity contribution in [1.82, 2.24) is 4.57 Å². The van der Waals surface area contributed by atoms with E-state index < -0.39 is 11.7 Å². The zero-order chi connectivity index (χ0) is 19.7. The first-order valence-corrected chi connectivity index (χ1v) is 9.29. The summed E-state index contributed by atoms with van der Waals surface area (Å²) in [4.78, 5) is 2.13. The van der Waals surface area contributed by atoms with Gasteiger partial charge in [0.15, 0.2) is 6.23 Å². The third kappa shape index (κ3) is 3.52. The normalized spacial score (nSPS) is 17.3. The van der Waals surface area contributed by atoms with Crippen LogP contribution in [0.15, 0.2) is 67.0 Å². The predicted molar refractivity (Wildman–Crippen MR) is 103 cm³/mol. The molecule has 1 fully saturated rings. The Morgan fingerprint density at radius 3 is 2.50 bits per heavy atom. The molecule has 1 saturated heterocycles. The fourth-order valence-corrected chi connectivity index (χ4v) is 3.58. The van der Waals surface area contributed by atoms with Gasteiger partial charge >= 0.3 is 6.18 Å². The molecule has 1 aromatic heterocycles. The lowest BCUT2D eigenvalue weighted by atomic mass is 10.1. The van der Waals surface area contributed by atoms with Gasteiger partial charge in [-0.25, -0.2) is 0 Å². The summed E-state index contributed by atoms with van der Waals surface area (Å²) in [6.07, 6.45) is -0.375. The van der Waals surface area contributed by atoms with Crippen LogP contribution in [0.2, 0.25) is 0 Å². The molecule has 1 aliphatic heterocycles. The quantitative estimate of drug-likeness (QED) is 0.581. The molecule has 3 aromatic rings. The van der Waals surface area contributed by atoms with Crippen molar-refractivity contribution in [3.8, 4) is 5.69 Å². The largest absolute Gasteiger partial charge is 0.418 e. The highest BCUT2D eigenvalue weighted by molar-refractivity contribution is 5.51. The molecule has 0 radical (unpaired) electrons. The smallest absolute Gasteiger partial charge is 0.352 e. The minimum Gasteiger partial charge on any atom is -0.352 e. The van der Waals surface area contributed by atoms with E-state index in [1.165, 1.54) is 22.3 Å². The molecule has 0 spiro atoms. The molecule has 0 unspecified atom stereocenters. The van der Waals surface area contributed by atoms with Crippen molar-refractivity contribution >= 4 is 5.69 Å². The Bertz CT molecular complexity index is 947. The average Bonchev–Trinajstić information content (AvgIpc) is 3.37. The number of rotatable bonds is 4. The van der Waals surface area contributed by atoms with Gasteiger partial charge in [0, 0.05) is 30.2 Å². The number of aromatic nitrogens is 1. The standard InChI is InChI=1S/C22H21F3N2O/c1-2-16-7-9-18(10-8-16)27-13-14-28-21(27)17-11-12-26(15-17)20-6-4-3-5-19(20)22(23,24)25/h3-12,15,21H,2,13-14H2,1H3/t21-/m1/s1. The van der Waals surface area contributed by atoms with Crippen LogP contribution in [0.5, 0.6) is 0 Å². The van der Waals surface area contributed by atoms with E-state index in [4.69, 9.17) is 4.74 Å². The van der Waals surface area contributed by atoms with Crippen molar-refractivity contribution in [3.63, 3.8) is 0 Å². The summed E-state index contributed by atoms with van der Waals surface area (Å²) in [6, 6.07) is 15.7. The number of benzene rings is 2. The Labute approximate surface area is 162 Å². The molecule has 3 nitrogen and oxygen atoms in total. The molecule has 146 valence electrons. The lowest BCUT2D eigenvalue weighted by Gasteiger charge is -2.24. The van der Waals surface area contributed by atoms with Gasteiger partial charge in [0.1, 0.15) is 0 Å². The summed E-state index contributed by atoms with van der Waals surface area (Å²) in [5, 5.41) is 0. The van der Waals surface area contributed by atoms with Crippen molar-refractivity contribution in [2.24, 2.45) is 0 Å². The van der Waals surface area contributed by atoms with Crippen LogP contribution >= 0.6 is 0 Å². The van der Waals surface area contributed by atoms with Crippen LogP contribution < -0.4 is 4.90 Å². The maximum Gasteiger partial charge on any atom is 0.418 e. The number of ether oxygens (including phenoxy) is 1. The number of para-hydroxylation sites is 1. The summed E-state index contributed by atoms with van der Waals surface area (Å²) in [5.74, 6) is 0. The van der Waals surface area contributed by atoms with E-state index >= 15 is 0 Å². The van der Waals surface area contributed by atoms with Gasteiger partial charge in [0.05, 0.1) is 17.9 Å². The van der Waals surface area contributed by atoms with Crippen LogP contribution in [0.1, 0.15) is 29.8 Å². The van der Waals surface area contributed by atoms with Crippen molar-refractivity contribution in [1.29, 1.82) is 0 Å². The van der Waals surface area contributed by atoms with Crippen LogP contribution in [-0.2, 0) is 17.3 Å². The minimum atomic E-state index is -4.40. The lowest BCUT2D eigenvalue weighted by Crippen LogP contribution is -2.23. The zero-order valence-corrected chi connectivity index (χ0v) is 15.5.